The van der Waals surface area contributed by atoms with Gasteiger partial charge in [-0.1, -0.05) is 53.8 Å². The van der Waals surface area contributed by atoms with Crippen LogP contribution >= 0.6 is 11.3 Å². The number of hydrogen-bond acceptors (Lipinski definition) is 3. The molecular formula is C18H10F6N2OS. The first-order chi connectivity index (χ1) is 13.1. The van der Waals surface area contributed by atoms with Crippen LogP contribution in [-0.2, 0) is 11.0 Å². The molecule has 0 radical (unpaired) electrons. The highest BCUT2D eigenvalue weighted by Crippen LogP contribution is 2.39. The van der Waals surface area contributed by atoms with Crippen LogP contribution in [0.3, 0.4) is 0 Å². The molecule has 2 aromatic carbocycles. The quantitative estimate of drug-likeness (QED) is 0.533. The molecule has 0 aliphatic rings. The van der Waals surface area contributed by atoms with Gasteiger partial charge in [-0.25, -0.2) is 4.98 Å². The van der Waals surface area contributed by atoms with Crippen molar-refractivity contribution in [3.8, 4) is 21.8 Å². The van der Waals surface area contributed by atoms with Gasteiger partial charge in [0, 0.05) is 11.1 Å². The average Bonchev–Trinajstić information content (AvgIpc) is 3.05. The summed E-state index contributed by atoms with van der Waals surface area (Å²) >= 11 is 0.741. The van der Waals surface area contributed by atoms with Crippen molar-refractivity contribution in [2.24, 2.45) is 0 Å². The molecule has 28 heavy (non-hydrogen) atoms. The molecule has 0 atom stereocenters. The summed E-state index contributed by atoms with van der Waals surface area (Å²) in [5, 5.41) is 1.81. The molecule has 0 saturated carbocycles. The maximum atomic E-state index is 12.7. The summed E-state index contributed by atoms with van der Waals surface area (Å²) in [6, 6.07) is 12.2. The Morgan fingerprint density at radius 1 is 0.857 bits per heavy atom. The van der Waals surface area contributed by atoms with Gasteiger partial charge in [-0.05, 0) is 12.1 Å². The summed E-state index contributed by atoms with van der Waals surface area (Å²) in [5.41, 5.74) is -0.0307. The lowest BCUT2D eigenvalue weighted by atomic mass is 10.1. The van der Waals surface area contributed by atoms with Crippen LogP contribution in [0.15, 0.2) is 54.6 Å². The SMILES string of the molecule is O=C(Nc1sc(-c2ccc(C(F)(F)F)cc2)nc1-c1ccccc1)C(F)(F)F. The lowest BCUT2D eigenvalue weighted by molar-refractivity contribution is -0.167. The molecule has 10 heteroatoms. The molecule has 0 aliphatic heterocycles. The first kappa shape index (κ1) is 19.9. The highest BCUT2D eigenvalue weighted by atomic mass is 32.1. The van der Waals surface area contributed by atoms with Crippen LogP contribution in [-0.4, -0.2) is 17.1 Å². The molecule has 0 saturated heterocycles. The number of amides is 1. The minimum Gasteiger partial charge on any atom is -0.308 e. The van der Waals surface area contributed by atoms with Crippen molar-refractivity contribution < 1.29 is 31.1 Å². The maximum Gasteiger partial charge on any atom is 0.471 e. The number of carbonyl (C=O) groups excluding carboxylic acids is 1. The Bertz CT molecular complexity index is 978. The van der Waals surface area contributed by atoms with E-state index in [2.05, 4.69) is 4.98 Å². The van der Waals surface area contributed by atoms with Crippen LogP contribution in [0.4, 0.5) is 31.3 Å². The first-order valence-corrected chi connectivity index (χ1v) is 8.49. The van der Waals surface area contributed by atoms with E-state index in [0.29, 0.717) is 5.56 Å². The van der Waals surface area contributed by atoms with E-state index in [9.17, 15) is 31.1 Å². The fourth-order valence-electron chi connectivity index (χ4n) is 2.30. The third-order valence-corrected chi connectivity index (χ3v) is 4.64. The number of hydrogen-bond donors (Lipinski definition) is 1. The normalized spacial score (nSPS) is 12.1. The van der Waals surface area contributed by atoms with Gasteiger partial charge in [-0.3, -0.25) is 4.79 Å². The predicted octanol–water partition coefficient (Wildman–Crippen LogP) is 6.00. The van der Waals surface area contributed by atoms with E-state index in [1.807, 2.05) is 0 Å². The minimum absolute atomic E-state index is 0.0955. The minimum atomic E-state index is -5.09. The molecule has 1 N–H and O–H groups in total. The fourth-order valence-corrected chi connectivity index (χ4v) is 3.28. The number of nitrogens with zero attached hydrogens (tertiary/aromatic N) is 1. The third kappa shape index (κ3) is 4.33. The van der Waals surface area contributed by atoms with Crippen molar-refractivity contribution >= 4 is 22.2 Å². The molecule has 146 valence electrons. The van der Waals surface area contributed by atoms with E-state index in [1.165, 1.54) is 12.1 Å². The lowest BCUT2D eigenvalue weighted by Crippen LogP contribution is -2.29. The second-order valence-corrected chi connectivity index (χ2v) is 6.59. The van der Waals surface area contributed by atoms with Crippen LogP contribution < -0.4 is 5.32 Å². The van der Waals surface area contributed by atoms with Gasteiger partial charge in [0.15, 0.2) is 0 Å². The number of thiazole rings is 1. The number of halogens is 6. The largest absolute Gasteiger partial charge is 0.471 e. The summed E-state index contributed by atoms with van der Waals surface area (Å²) in [5.74, 6) is -2.16. The van der Waals surface area contributed by atoms with Gasteiger partial charge in [0.25, 0.3) is 0 Å². The number of benzene rings is 2. The van der Waals surface area contributed by atoms with E-state index in [0.717, 1.165) is 23.5 Å². The summed E-state index contributed by atoms with van der Waals surface area (Å²) in [6.45, 7) is 0. The van der Waals surface area contributed by atoms with E-state index < -0.39 is 23.8 Å². The molecular weight excluding hydrogens is 406 g/mol. The summed E-state index contributed by atoms with van der Waals surface area (Å²) in [6.07, 6.45) is -9.60. The molecule has 1 heterocycles. The van der Waals surface area contributed by atoms with E-state index >= 15 is 0 Å². The summed E-state index contributed by atoms with van der Waals surface area (Å²) in [7, 11) is 0. The van der Waals surface area contributed by atoms with Gasteiger partial charge in [-0.15, -0.1) is 0 Å². The Kier molecular flexibility index (Phi) is 5.16. The topological polar surface area (TPSA) is 42.0 Å². The molecule has 1 amide bonds. The zero-order valence-corrected chi connectivity index (χ0v) is 14.5. The molecule has 0 unspecified atom stereocenters. The second kappa shape index (κ2) is 7.27. The van der Waals surface area contributed by atoms with Crippen molar-refractivity contribution in [1.29, 1.82) is 0 Å². The van der Waals surface area contributed by atoms with Gasteiger partial charge < -0.3 is 5.32 Å². The lowest BCUT2D eigenvalue weighted by Gasteiger charge is -2.07. The Hall–Kier alpha value is -2.88. The number of rotatable bonds is 3. The number of nitrogens with one attached hydrogen (secondary N) is 1. The van der Waals surface area contributed by atoms with E-state index in [4.69, 9.17) is 0 Å². The second-order valence-electron chi connectivity index (χ2n) is 5.59. The van der Waals surface area contributed by atoms with Crippen molar-refractivity contribution in [2.45, 2.75) is 12.4 Å². The van der Waals surface area contributed by atoms with Gasteiger partial charge in [0.05, 0.1) is 5.56 Å². The van der Waals surface area contributed by atoms with E-state index in [1.54, 1.807) is 35.6 Å². The highest BCUT2D eigenvalue weighted by molar-refractivity contribution is 7.19. The summed E-state index contributed by atoms with van der Waals surface area (Å²) in [4.78, 5) is 15.6. The van der Waals surface area contributed by atoms with Crippen molar-refractivity contribution in [2.75, 3.05) is 5.32 Å². The predicted molar refractivity (Wildman–Crippen MR) is 92.7 cm³/mol. The monoisotopic (exact) mass is 416 g/mol. The van der Waals surface area contributed by atoms with E-state index in [-0.39, 0.29) is 21.3 Å². The number of anilines is 1. The standard InChI is InChI=1S/C18H10F6N2OS/c19-17(20,21)12-8-6-11(7-9-12)14-25-13(10-4-2-1-3-5-10)15(28-14)26-16(27)18(22,23)24/h1-9H,(H,26,27). The maximum absolute atomic E-state index is 12.7. The highest BCUT2D eigenvalue weighted by Gasteiger charge is 2.39. The Labute approximate surface area is 158 Å². The zero-order chi connectivity index (χ0) is 20.5. The smallest absolute Gasteiger partial charge is 0.308 e. The van der Waals surface area contributed by atoms with Crippen LogP contribution in [0.25, 0.3) is 21.8 Å². The molecule has 3 aromatic rings. The third-order valence-electron chi connectivity index (χ3n) is 3.62. The van der Waals surface area contributed by atoms with Crippen molar-refractivity contribution in [1.82, 2.24) is 4.98 Å². The number of aromatic nitrogens is 1. The Morgan fingerprint density at radius 2 is 1.46 bits per heavy atom. The molecule has 0 bridgehead atoms. The van der Waals surface area contributed by atoms with Crippen LogP contribution in [0, 0.1) is 0 Å². The first-order valence-electron chi connectivity index (χ1n) is 7.68. The van der Waals surface area contributed by atoms with Crippen LogP contribution in [0.5, 0.6) is 0 Å². The Balaban J connectivity index is 2.03. The van der Waals surface area contributed by atoms with Crippen molar-refractivity contribution in [3.63, 3.8) is 0 Å². The number of carbonyl (C=O) groups is 1. The number of alkyl halides is 6. The molecule has 1 aromatic heterocycles. The zero-order valence-electron chi connectivity index (χ0n) is 13.7. The average molecular weight is 416 g/mol. The molecule has 0 fully saturated rings. The van der Waals surface area contributed by atoms with Crippen LogP contribution in [0.1, 0.15) is 5.56 Å². The van der Waals surface area contributed by atoms with Gasteiger partial charge in [-0.2, -0.15) is 26.3 Å². The fraction of sp³-hybridized carbons (Fsp3) is 0.111. The van der Waals surface area contributed by atoms with Gasteiger partial charge in [0.1, 0.15) is 15.7 Å². The van der Waals surface area contributed by atoms with Crippen molar-refractivity contribution in [3.05, 3.63) is 60.2 Å². The molecule has 0 aliphatic carbocycles. The molecule has 3 rings (SSSR count). The van der Waals surface area contributed by atoms with Gasteiger partial charge >= 0.3 is 18.3 Å². The Morgan fingerprint density at radius 3 is 2.00 bits per heavy atom. The van der Waals surface area contributed by atoms with Crippen LogP contribution in [0.2, 0.25) is 0 Å². The summed E-state index contributed by atoms with van der Waals surface area (Å²) < 4.78 is 76.0. The van der Waals surface area contributed by atoms with Gasteiger partial charge in [0.2, 0.25) is 0 Å². The molecule has 0 spiro atoms. The molecule has 3 nitrogen and oxygen atoms in total.